The number of aromatic carboxylic acids is 1. The molecule has 1 aromatic carbocycles. The van der Waals surface area contributed by atoms with Gasteiger partial charge in [0, 0.05) is 16.6 Å². The number of hydrazine groups is 1. The van der Waals surface area contributed by atoms with Crippen LogP contribution < -0.4 is 5.43 Å². The van der Waals surface area contributed by atoms with Gasteiger partial charge in [0.25, 0.3) is 0 Å². The Morgan fingerprint density at radius 1 is 1.50 bits per heavy atom. The minimum Gasteiger partial charge on any atom is -0.478 e. The van der Waals surface area contributed by atoms with E-state index in [1.165, 1.54) is 34.9 Å². The fourth-order valence-electron chi connectivity index (χ4n) is 1.42. The molecule has 20 heavy (non-hydrogen) atoms. The van der Waals surface area contributed by atoms with Crippen molar-refractivity contribution in [3.63, 3.8) is 0 Å². The van der Waals surface area contributed by atoms with E-state index < -0.39 is 11.8 Å². The van der Waals surface area contributed by atoms with Gasteiger partial charge in [0.15, 0.2) is 0 Å². The molecule has 0 spiro atoms. The molecule has 1 aliphatic rings. The predicted molar refractivity (Wildman–Crippen MR) is 72.5 cm³/mol. The number of halogens is 1. The standard InChI is InChI=1S/C13H11FN2O3S/c14-12-5-4-11(13(17)18)9-10(12)3-1-2-8-20-16-15-6-7-19-16/h4-7,9,15H,3,8H2,(H,17,18). The molecule has 1 heterocycles. The van der Waals surface area contributed by atoms with Gasteiger partial charge in [-0.1, -0.05) is 11.8 Å². The lowest BCUT2D eigenvalue weighted by molar-refractivity contribution is -0.00803. The molecule has 5 nitrogen and oxygen atoms in total. The molecule has 0 fully saturated rings. The lowest BCUT2D eigenvalue weighted by Gasteiger charge is -2.09. The third kappa shape index (κ3) is 3.91. The Labute approximate surface area is 119 Å². The molecule has 0 aromatic heterocycles. The molecular formula is C13H11FN2O3S. The zero-order valence-electron chi connectivity index (χ0n) is 10.3. The Hall–Kier alpha value is -2.17. The molecule has 7 heteroatoms. The molecule has 1 aliphatic heterocycles. The maximum Gasteiger partial charge on any atom is 0.335 e. The number of carboxylic acids is 1. The minimum absolute atomic E-state index is 0.0540. The molecular weight excluding hydrogens is 283 g/mol. The van der Waals surface area contributed by atoms with E-state index in [1.54, 1.807) is 6.20 Å². The summed E-state index contributed by atoms with van der Waals surface area (Å²) in [6, 6.07) is 3.67. The van der Waals surface area contributed by atoms with Gasteiger partial charge in [-0.2, -0.15) is 0 Å². The number of carboxylic acid groups (broad SMARTS) is 1. The maximum absolute atomic E-state index is 13.5. The molecule has 0 saturated carbocycles. The number of hydrogen-bond acceptors (Lipinski definition) is 5. The molecule has 2 rings (SSSR count). The van der Waals surface area contributed by atoms with Crippen molar-refractivity contribution in [2.24, 2.45) is 0 Å². The van der Waals surface area contributed by atoms with Crippen LogP contribution >= 0.6 is 11.9 Å². The van der Waals surface area contributed by atoms with E-state index in [-0.39, 0.29) is 17.5 Å². The smallest absolute Gasteiger partial charge is 0.335 e. The summed E-state index contributed by atoms with van der Waals surface area (Å²) in [6.45, 7) is 0. The molecule has 0 amide bonds. The highest BCUT2D eigenvalue weighted by atomic mass is 32.2. The quantitative estimate of drug-likeness (QED) is 0.654. The predicted octanol–water partition coefficient (Wildman–Crippen LogP) is 1.94. The average molecular weight is 294 g/mol. The molecule has 104 valence electrons. The van der Waals surface area contributed by atoms with E-state index in [0.717, 1.165) is 6.07 Å². The van der Waals surface area contributed by atoms with Gasteiger partial charge in [-0.05, 0) is 30.1 Å². The summed E-state index contributed by atoms with van der Waals surface area (Å²) in [5, 5.41) is 8.84. The highest BCUT2D eigenvalue weighted by Crippen LogP contribution is 2.12. The average Bonchev–Trinajstić information content (AvgIpc) is 2.93. The van der Waals surface area contributed by atoms with Crippen molar-refractivity contribution in [3.05, 3.63) is 47.6 Å². The van der Waals surface area contributed by atoms with Crippen molar-refractivity contribution in [1.29, 1.82) is 0 Å². The first-order chi connectivity index (χ1) is 9.66. The number of carbonyl (C=O) groups is 1. The number of rotatable bonds is 4. The second kappa shape index (κ2) is 6.84. The number of benzene rings is 1. The normalized spacial score (nSPS) is 13.2. The molecule has 0 radical (unpaired) electrons. The first-order valence-electron chi connectivity index (χ1n) is 5.65. The lowest BCUT2D eigenvalue weighted by Crippen LogP contribution is -2.20. The fraction of sp³-hybridized carbons (Fsp3) is 0.154. The van der Waals surface area contributed by atoms with Crippen LogP contribution in [0.3, 0.4) is 0 Å². The summed E-state index contributed by atoms with van der Waals surface area (Å²) in [4.78, 5) is 15.8. The van der Waals surface area contributed by atoms with Gasteiger partial charge in [-0.15, -0.1) is 0 Å². The lowest BCUT2D eigenvalue weighted by atomic mass is 10.1. The molecule has 0 bridgehead atoms. The van der Waals surface area contributed by atoms with Crippen LogP contribution in [0, 0.1) is 17.7 Å². The zero-order valence-corrected chi connectivity index (χ0v) is 11.1. The third-order valence-corrected chi connectivity index (χ3v) is 3.05. The van der Waals surface area contributed by atoms with Gasteiger partial charge in [0.1, 0.15) is 12.1 Å². The van der Waals surface area contributed by atoms with Crippen molar-refractivity contribution in [2.75, 3.05) is 5.75 Å². The highest BCUT2D eigenvalue weighted by molar-refractivity contribution is 7.97. The molecule has 0 unspecified atom stereocenters. The van der Waals surface area contributed by atoms with Crippen LogP contribution in [0.5, 0.6) is 0 Å². The van der Waals surface area contributed by atoms with Crippen molar-refractivity contribution >= 4 is 17.9 Å². The third-order valence-electron chi connectivity index (χ3n) is 2.36. The van der Waals surface area contributed by atoms with E-state index in [0.29, 0.717) is 5.75 Å². The largest absolute Gasteiger partial charge is 0.478 e. The second-order valence-corrected chi connectivity index (χ2v) is 4.59. The first-order valence-corrected chi connectivity index (χ1v) is 6.59. The molecule has 0 aliphatic carbocycles. The topological polar surface area (TPSA) is 61.8 Å². The maximum atomic E-state index is 13.5. The Bertz CT molecular complexity index is 587. The van der Waals surface area contributed by atoms with Gasteiger partial charge in [-0.25, -0.2) is 9.18 Å². The number of nitrogens with zero attached hydrogens (tertiary/aromatic N) is 1. The Kier molecular flexibility index (Phi) is 4.87. The second-order valence-electron chi connectivity index (χ2n) is 3.71. The summed E-state index contributed by atoms with van der Waals surface area (Å²) in [5.74, 6) is 4.57. The van der Waals surface area contributed by atoms with Crippen molar-refractivity contribution in [2.45, 2.75) is 6.42 Å². The first kappa shape index (κ1) is 14.2. The van der Waals surface area contributed by atoms with Gasteiger partial charge in [0.2, 0.25) is 0 Å². The van der Waals surface area contributed by atoms with Crippen LogP contribution in [0.15, 0.2) is 30.7 Å². The SMILES string of the molecule is O=C(O)c1ccc(F)c(CC#CCSN2NC=CO2)c1. The fourth-order valence-corrected chi connectivity index (χ4v) is 1.95. The summed E-state index contributed by atoms with van der Waals surface area (Å²) < 4.78 is 14.9. The minimum atomic E-state index is -1.08. The number of nitrogens with one attached hydrogen (secondary N) is 1. The van der Waals surface area contributed by atoms with E-state index >= 15 is 0 Å². The Balaban J connectivity index is 1.87. The van der Waals surface area contributed by atoms with Crippen LogP contribution in [0.25, 0.3) is 0 Å². The van der Waals surface area contributed by atoms with Crippen LogP contribution in [0.2, 0.25) is 0 Å². The molecule has 0 atom stereocenters. The zero-order chi connectivity index (χ0) is 14.4. The van der Waals surface area contributed by atoms with Crippen molar-refractivity contribution in [1.82, 2.24) is 10.0 Å². The monoisotopic (exact) mass is 294 g/mol. The van der Waals surface area contributed by atoms with Crippen molar-refractivity contribution < 1.29 is 19.1 Å². The summed E-state index contributed by atoms with van der Waals surface area (Å²) in [6.07, 6.45) is 3.29. The summed E-state index contributed by atoms with van der Waals surface area (Å²) in [5.41, 5.74) is 3.13. The highest BCUT2D eigenvalue weighted by Gasteiger charge is 2.07. The summed E-state index contributed by atoms with van der Waals surface area (Å²) >= 11 is 1.31. The van der Waals surface area contributed by atoms with E-state index in [1.807, 2.05) is 0 Å². The van der Waals surface area contributed by atoms with Crippen LogP contribution in [0.4, 0.5) is 4.39 Å². The number of hydrogen-bond donors (Lipinski definition) is 2. The van der Waals surface area contributed by atoms with Gasteiger partial charge in [0.05, 0.1) is 17.5 Å². The van der Waals surface area contributed by atoms with Crippen molar-refractivity contribution in [3.8, 4) is 11.8 Å². The summed E-state index contributed by atoms with van der Waals surface area (Å²) in [7, 11) is 0. The Morgan fingerprint density at radius 3 is 3.05 bits per heavy atom. The Morgan fingerprint density at radius 2 is 2.35 bits per heavy atom. The van der Waals surface area contributed by atoms with Crippen LogP contribution in [-0.2, 0) is 11.3 Å². The van der Waals surface area contributed by atoms with Gasteiger partial charge in [-0.3, -0.25) is 5.43 Å². The molecule has 1 aromatic rings. The van der Waals surface area contributed by atoms with Gasteiger partial charge < -0.3 is 9.94 Å². The van der Waals surface area contributed by atoms with E-state index in [2.05, 4.69) is 17.3 Å². The van der Waals surface area contributed by atoms with E-state index in [4.69, 9.17) is 9.94 Å². The van der Waals surface area contributed by atoms with E-state index in [9.17, 15) is 9.18 Å². The van der Waals surface area contributed by atoms with Crippen LogP contribution in [0.1, 0.15) is 15.9 Å². The molecule has 0 saturated heterocycles. The molecule has 2 N–H and O–H groups in total. The van der Waals surface area contributed by atoms with Crippen LogP contribution in [-0.4, -0.2) is 21.4 Å². The van der Waals surface area contributed by atoms with Gasteiger partial charge >= 0.3 is 5.97 Å².